The Hall–Kier alpha value is -2.64. The van der Waals surface area contributed by atoms with Gasteiger partial charge < -0.3 is 9.32 Å². The molecule has 0 saturated carbocycles. The molecular weight excluding hydrogens is 290 g/mol. The molecule has 1 aromatic heterocycles. The van der Waals surface area contributed by atoms with Crippen molar-refractivity contribution in [1.29, 1.82) is 0 Å². The number of unbranched alkanes of at least 4 members (excludes halogenated alkanes) is 1. The van der Waals surface area contributed by atoms with Gasteiger partial charge in [-0.05, 0) is 12.5 Å². The fourth-order valence-corrected chi connectivity index (χ4v) is 2.09. The first kappa shape index (κ1) is 15.7. The fraction of sp³-hybridized carbons (Fsp3) is 0.429. The van der Waals surface area contributed by atoms with Gasteiger partial charge >= 0.3 is 5.76 Å². The van der Waals surface area contributed by atoms with Crippen LogP contribution in [0.2, 0.25) is 0 Å². The van der Waals surface area contributed by atoms with Crippen LogP contribution < -0.4 is 5.76 Å². The summed E-state index contributed by atoms with van der Waals surface area (Å²) in [5, 5.41) is 10.7. The average molecular weight is 307 g/mol. The van der Waals surface area contributed by atoms with Crippen LogP contribution in [0, 0.1) is 10.1 Å². The third-order valence-electron chi connectivity index (χ3n) is 3.43. The molecule has 0 radical (unpaired) electrons. The third-order valence-corrected chi connectivity index (χ3v) is 3.43. The second kappa shape index (κ2) is 6.42. The van der Waals surface area contributed by atoms with Crippen LogP contribution in [-0.2, 0) is 11.3 Å². The highest BCUT2D eigenvalue weighted by Crippen LogP contribution is 2.20. The van der Waals surface area contributed by atoms with Gasteiger partial charge in [0.15, 0.2) is 5.58 Å². The van der Waals surface area contributed by atoms with E-state index in [1.807, 2.05) is 6.92 Å². The summed E-state index contributed by atoms with van der Waals surface area (Å²) in [5.74, 6) is -0.913. The van der Waals surface area contributed by atoms with E-state index in [1.165, 1.54) is 22.8 Å². The van der Waals surface area contributed by atoms with Gasteiger partial charge in [0.1, 0.15) is 6.54 Å². The Morgan fingerprint density at radius 3 is 2.82 bits per heavy atom. The maximum absolute atomic E-state index is 12.1. The van der Waals surface area contributed by atoms with Crippen molar-refractivity contribution in [1.82, 2.24) is 9.47 Å². The van der Waals surface area contributed by atoms with Crippen molar-refractivity contribution in [3.8, 4) is 0 Å². The second-order valence-corrected chi connectivity index (χ2v) is 5.03. The molecule has 8 heteroatoms. The molecule has 1 amide bonds. The first-order chi connectivity index (χ1) is 10.4. The number of non-ortho nitro benzene ring substituents is 1. The molecule has 0 N–H and O–H groups in total. The van der Waals surface area contributed by atoms with Crippen molar-refractivity contribution < 1.29 is 14.1 Å². The lowest BCUT2D eigenvalue weighted by Crippen LogP contribution is -2.33. The van der Waals surface area contributed by atoms with Crippen molar-refractivity contribution in [3.05, 3.63) is 38.9 Å². The molecule has 1 heterocycles. The van der Waals surface area contributed by atoms with Crippen LogP contribution in [-0.4, -0.2) is 33.9 Å². The molecule has 0 unspecified atom stereocenters. The van der Waals surface area contributed by atoms with E-state index in [-0.39, 0.29) is 23.7 Å². The van der Waals surface area contributed by atoms with E-state index in [2.05, 4.69) is 0 Å². The molecule has 22 heavy (non-hydrogen) atoms. The largest absolute Gasteiger partial charge is 0.420 e. The van der Waals surface area contributed by atoms with Crippen LogP contribution in [0.25, 0.3) is 11.1 Å². The zero-order chi connectivity index (χ0) is 16.3. The van der Waals surface area contributed by atoms with E-state index in [9.17, 15) is 19.7 Å². The number of fused-ring (bicyclic) bond motifs is 1. The molecule has 8 nitrogen and oxygen atoms in total. The summed E-state index contributed by atoms with van der Waals surface area (Å²) in [5.41, 5.74) is 0.302. The number of benzene rings is 1. The number of oxazole rings is 1. The van der Waals surface area contributed by atoms with E-state index in [4.69, 9.17) is 4.42 Å². The van der Waals surface area contributed by atoms with Crippen LogP contribution in [0.1, 0.15) is 19.8 Å². The van der Waals surface area contributed by atoms with Crippen molar-refractivity contribution in [3.63, 3.8) is 0 Å². The lowest BCUT2D eigenvalue weighted by molar-refractivity contribution is -0.384. The second-order valence-electron chi connectivity index (χ2n) is 5.03. The Morgan fingerprint density at radius 1 is 1.45 bits per heavy atom. The number of carbonyl (C=O) groups is 1. The summed E-state index contributed by atoms with van der Waals surface area (Å²) in [4.78, 5) is 35.7. The molecular formula is C14H17N3O5. The van der Waals surface area contributed by atoms with Crippen LogP contribution in [0.4, 0.5) is 5.69 Å². The Kier molecular flexibility index (Phi) is 4.59. The molecule has 118 valence electrons. The van der Waals surface area contributed by atoms with Gasteiger partial charge in [0.05, 0.1) is 16.5 Å². The normalized spacial score (nSPS) is 10.8. The third kappa shape index (κ3) is 3.16. The lowest BCUT2D eigenvalue weighted by Gasteiger charge is -2.16. The van der Waals surface area contributed by atoms with Gasteiger partial charge in [-0.15, -0.1) is 0 Å². The van der Waals surface area contributed by atoms with Crippen molar-refractivity contribution in [2.45, 2.75) is 26.3 Å². The molecule has 0 aliphatic rings. The highest BCUT2D eigenvalue weighted by atomic mass is 16.6. The quantitative estimate of drug-likeness (QED) is 0.598. The first-order valence-electron chi connectivity index (χ1n) is 6.95. The van der Waals surface area contributed by atoms with E-state index < -0.39 is 10.7 Å². The molecule has 2 rings (SSSR count). The standard InChI is InChI=1S/C14H17N3O5/c1-3-4-7-15(2)13(18)9-16-11-6-5-10(17(20)21)8-12(11)22-14(16)19/h5-6,8H,3-4,7,9H2,1-2H3. The number of aromatic nitrogens is 1. The molecule has 0 fully saturated rings. The minimum atomic E-state index is -0.701. The lowest BCUT2D eigenvalue weighted by atomic mass is 10.3. The van der Waals surface area contributed by atoms with Gasteiger partial charge in [-0.2, -0.15) is 0 Å². The number of rotatable bonds is 6. The summed E-state index contributed by atoms with van der Waals surface area (Å²) in [6.45, 7) is 2.49. The number of nitro groups is 1. The van der Waals surface area contributed by atoms with E-state index in [1.54, 1.807) is 11.9 Å². The van der Waals surface area contributed by atoms with Gasteiger partial charge in [0.25, 0.3) is 5.69 Å². The molecule has 0 atom stereocenters. The molecule has 1 aromatic carbocycles. The number of likely N-dealkylation sites (N-methyl/N-ethyl adjacent to an activating group) is 1. The Balaban J connectivity index is 2.28. The summed E-state index contributed by atoms with van der Waals surface area (Å²) < 4.78 is 6.17. The highest BCUT2D eigenvalue weighted by Gasteiger charge is 2.17. The Bertz CT molecular complexity index is 761. The van der Waals surface area contributed by atoms with Crippen LogP contribution >= 0.6 is 0 Å². The fourth-order valence-electron chi connectivity index (χ4n) is 2.09. The summed E-state index contributed by atoms with van der Waals surface area (Å²) >= 11 is 0. The topological polar surface area (TPSA) is 98.6 Å². The van der Waals surface area contributed by atoms with Crippen LogP contribution in [0.5, 0.6) is 0 Å². The first-order valence-corrected chi connectivity index (χ1v) is 6.95. The highest BCUT2D eigenvalue weighted by molar-refractivity contribution is 5.80. The number of nitrogens with zero attached hydrogens (tertiary/aromatic N) is 3. The van der Waals surface area contributed by atoms with E-state index in [0.29, 0.717) is 12.1 Å². The number of amides is 1. The molecule has 0 bridgehead atoms. The van der Waals surface area contributed by atoms with Gasteiger partial charge in [0.2, 0.25) is 5.91 Å². The maximum Gasteiger partial charge on any atom is 0.420 e. The van der Waals surface area contributed by atoms with E-state index in [0.717, 1.165) is 12.8 Å². The molecule has 0 aliphatic carbocycles. The van der Waals surface area contributed by atoms with Gasteiger partial charge in [-0.3, -0.25) is 19.5 Å². The Morgan fingerprint density at radius 2 is 2.18 bits per heavy atom. The van der Waals surface area contributed by atoms with Crippen LogP contribution in [0.15, 0.2) is 27.4 Å². The predicted molar refractivity (Wildman–Crippen MR) is 79.7 cm³/mol. The molecule has 0 saturated heterocycles. The minimum Gasteiger partial charge on any atom is -0.407 e. The molecule has 2 aromatic rings. The van der Waals surface area contributed by atoms with Crippen molar-refractivity contribution in [2.75, 3.05) is 13.6 Å². The summed E-state index contributed by atoms with van der Waals surface area (Å²) in [7, 11) is 1.68. The van der Waals surface area contributed by atoms with Crippen LogP contribution in [0.3, 0.4) is 0 Å². The Labute approximate surface area is 126 Å². The zero-order valence-corrected chi connectivity index (χ0v) is 12.4. The number of nitro benzene ring substituents is 1. The van der Waals surface area contributed by atoms with Gasteiger partial charge in [-0.25, -0.2) is 4.79 Å². The molecule has 0 spiro atoms. The summed E-state index contributed by atoms with van der Waals surface area (Å²) in [6, 6.07) is 3.87. The smallest absolute Gasteiger partial charge is 0.407 e. The number of hydrogen-bond acceptors (Lipinski definition) is 5. The number of carbonyl (C=O) groups excluding carboxylic acids is 1. The van der Waals surface area contributed by atoms with E-state index >= 15 is 0 Å². The minimum absolute atomic E-state index is 0.100. The van der Waals surface area contributed by atoms with Crippen molar-refractivity contribution >= 4 is 22.7 Å². The molecule has 0 aliphatic heterocycles. The van der Waals surface area contributed by atoms with Crippen molar-refractivity contribution in [2.24, 2.45) is 0 Å². The van der Waals surface area contributed by atoms with Gasteiger partial charge in [-0.1, -0.05) is 13.3 Å². The number of hydrogen-bond donors (Lipinski definition) is 0. The maximum atomic E-state index is 12.1. The average Bonchev–Trinajstić information content (AvgIpc) is 2.79. The zero-order valence-electron chi connectivity index (χ0n) is 12.4. The predicted octanol–water partition coefficient (Wildman–Crippen LogP) is 1.76. The monoisotopic (exact) mass is 307 g/mol. The SMILES string of the molecule is CCCCN(C)C(=O)Cn1c(=O)oc2cc([N+](=O)[O-])ccc21. The summed E-state index contributed by atoms with van der Waals surface area (Å²) in [6.07, 6.45) is 1.85. The van der Waals surface area contributed by atoms with Gasteiger partial charge in [0, 0.05) is 19.7 Å².